The van der Waals surface area contributed by atoms with Crippen molar-refractivity contribution in [3.05, 3.63) is 16.8 Å². The van der Waals surface area contributed by atoms with Gasteiger partial charge < -0.3 is 18.9 Å². The van der Waals surface area contributed by atoms with Crippen molar-refractivity contribution >= 4 is 35.4 Å². The van der Waals surface area contributed by atoms with Crippen LogP contribution in [-0.2, 0) is 25.4 Å². The molecule has 31 heavy (non-hydrogen) atoms. The van der Waals surface area contributed by atoms with Gasteiger partial charge in [-0.2, -0.15) is 4.90 Å². The quantitative estimate of drug-likeness (QED) is 0.336. The number of carbonyl (C=O) groups is 3. The standard InChI is InChI=1S/C21H31ClN2O7/c1-9-29-16(25)11-10-13-14(12-15(22)23-17(13)28-8)24(18(26)30-20(2,3)4)19(27)31-21(5,6)7/h12H,9-11H2,1-8H3. The first-order valence-corrected chi connectivity index (χ1v) is 10.2. The normalized spacial score (nSPS) is 11.5. The number of esters is 1. The fraction of sp³-hybridized carbons (Fsp3) is 0.619. The van der Waals surface area contributed by atoms with E-state index in [1.807, 2.05) is 0 Å². The Morgan fingerprint density at radius 1 is 1.03 bits per heavy atom. The topological polar surface area (TPSA) is 104 Å². The number of hydrogen-bond acceptors (Lipinski definition) is 8. The lowest BCUT2D eigenvalue weighted by atomic mass is 10.1. The Morgan fingerprint density at radius 2 is 1.55 bits per heavy atom. The Bertz CT molecular complexity index is 785. The third kappa shape index (κ3) is 8.61. The van der Waals surface area contributed by atoms with E-state index in [1.165, 1.54) is 13.2 Å². The maximum Gasteiger partial charge on any atom is 0.424 e. The molecule has 174 valence electrons. The molecule has 1 aromatic heterocycles. The first kappa shape index (κ1) is 26.5. The molecule has 0 spiro atoms. The molecule has 10 heteroatoms. The van der Waals surface area contributed by atoms with Crippen LogP contribution >= 0.6 is 11.6 Å². The number of pyridine rings is 1. The first-order valence-electron chi connectivity index (χ1n) is 9.83. The molecule has 0 bridgehead atoms. The van der Waals surface area contributed by atoms with Gasteiger partial charge >= 0.3 is 18.2 Å². The Kier molecular flexibility index (Phi) is 9.10. The number of carbonyl (C=O) groups excluding carboxylic acids is 3. The lowest BCUT2D eigenvalue weighted by Gasteiger charge is -2.30. The Morgan fingerprint density at radius 3 is 1.97 bits per heavy atom. The van der Waals surface area contributed by atoms with Crippen molar-refractivity contribution in [1.29, 1.82) is 0 Å². The second kappa shape index (κ2) is 10.7. The van der Waals surface area contributed by atoms with E-state index in [1.54, 1.807) is 48.5 Å². The summed E-state index contributed by atoms with van der Waals surface area (Å²) in [7, 11) is 1.36. The van der Waals surface area contributed by atoms with Crippen LogP contribution in [0.5, 0.6) is 5.88 Å². The van der Waals surface area contributed by atoms with Crippen molar-refractivity contribution in [1.82, 2.24) is 4.98 Å². The number of ether oxygens (including phenoxy) is 4. The van der Waals surface area contributed by atoms with Crippen LogP contribution in [0, 0.1) is 0 Å². The second-order valence-corrected chi connectivity index (χ2v) is 8.94. The Balaban J connectivity index is 3.56. The summed E-state index contributed by atoms with van der Waals surface area (Å²) in [5, 5.41) is -0.0242. The smallest absolute Gasteiger partial charge is 0.424 e. The van der Waals surface area contributed by atoms with Gasteiger partial charge in [0.1, 0.15) is 16.4 Å². The summed E-state index contributed by atoms with van der Waals surface area (Å²) in [6.07, 6.45) is -1.90. The van der Waals surface area contributed by atoms with Gasteiger partial charge in [-0.25, -0.2) is 14.6 Å². The Labute approximate surface area is 187 Å². The van der Waals surface area contributed by atoms with E-state index in [9.17, 15) is 14.4 Å². The average molecular weight is 459 g/mol. The van der Waals surface area contributed by atoms with Gasteiger partial charge in [-0.1, -0.05) is 11.6 Å². The summed E-state index contributed by atoms with van der Waals surface area (Å²) in [5.41, 5.74) is -1.42. The summed E-state index contributed by atoms with van der Waals surface area (Å²) in [6, 6.07) is 1.32. The number of imide groups is 1. The van der Waals surface area contributed by atoms with Crippen molar-refractivity contribution in [2.24, 2.45) is 0 Å². The van der Waals surface area contributed by atoms with Gasteiger partial charge in [-0.05, 0) is 54.9 Å². The molecule has 1 rings (SSSR count). The number of anilines is 1. The summed E-state index contributed by atoms with van der Waals surface area (Å²) < 4.78 is 21.1. The lowest BCUT2D eigenvalue weighted by molar-refractivity contribution is -0.143. The summed E-state index contributed by atoms with van der Waals surface area (Å²) in [6.45, 7) is 11.9. The van der Waals surface area contributed by atoms with E-state index in [4.69, 9.17) is 30.5 Å². The minimum absolute atomic E-state index is 0.0242. The number of amides is 2. The van der Waals surface area contributed by atoms with E-state index in [0.717, 1.165) is 4.90 Å². The largest absolute Gasteiger partial charge is 0.481 e. The van der Waals surface area contributed by atoms with Crippen LogP contribution in [0.15, 0.2) is 6.07 Å². The van der Waals surface area contributed by atoms with Crippen LogP contribution in [-0.4, -0.2) is 48.1 Å². The molecule has 0 atom stereocenters. The number of rotatable bonds is 6. The summed E-state index contributed by atoms with van der Waals surface area (Å²) >= 11 is 6.12. The molecular formula is C21H31ClN2O7. The number of halogens is 1. The highest BCUT2D eigenvalue weighted by Crippen LogP contribution is 2.34. The number of methoxy groups -OCH3 is 1. The third-order valence-electron chi connectivity index (χ3n) is 3.50. The van der Waals surface area contributed by atoms with Crippen LogP contribution in [0.25, 0.3) is 0 Å². The van der Waals surface area contributed by atoms with Crippen LogP contribution in [0.3, 0.4) is 0 Å². The zero-order chi connectivity index (χ0) is 24.0. The maximum absolute atomic E-state index is 13.0. The van der Waals surface area contributed by atoms with Crippen molar-refractivity contribution in [2.75, 3.05) is 18.6 Å². The predicted molar refractivity (Wildman–Crippen MR) is 116 cm³/mol. The molecule has 0 radical (unpaired) electrons. The predicted octanol–water partition coefficient (Wildman–Crippen LogP) is 4.92. The van der Waals surface area contributed by atoms with Gasteiger partial charge in [0.15, 0.2) is 0 Å². The monoisotopic (exact) mass is 458 g/mol. The van der Waals surface area contributed by atoms with Crippen LogP contribution in [0.2, 0.25) is 5.15 Å². The zero-order valence-corrected chi connectivity index (χ0v) is 20.1. The molecule has 0 aliphatic rings. The highest BCUT2D eigenvalue weighted by molar-refractivity contribution is 6.30. The fourth-order valence-corrected chi connectivity index (χ4v) is 2.64. The molecule has 0 aliphatic carbocycles. The highest BCUT2D eigenvalue weighted by Gasteiger charge is 2.35. The minimum atomic E-state index is -0.969. The molecule has 0 saturated heterocycles. The van der Waals surface area contributed by atoms with E-state index in [-0.39, 0.29) is 36.2 Å². The summed E-state index contributed by atoms with van der Waals surface area (Å²) in [4.78, 5) is 42.7. The lowest BCUT2D eigenvalue weighted by Crippen LogP contribution is -2.44. The molecule has 0 aromatic carbocycles. The van der Waals surface area contributed by atoms with E-state index < -0.39 is 29.4 Å². The number of nitrogens with zero attached hydrogens (tertiary/aromatic N) is 2. The van der Waals surface area contributed by atoms with Gasteiger partial charge in [0.25, 0.3) is 0 Å². The molecule has 0 unspecified atom stereocenters. The van der Waals surface area contributed by atoms with Gasteiger partial charge in [-0.3, -0.25) is 4.79 Å². The average Bonchev–Trinajstić information content (AvgIpc) is 2.57. The van der Waals surface area contributed by atoms with Crippen LogP contribution < -0.4 is 9.64 Å². The van der Waals surface area contributed by atoms with Gasteiger partial charge in [0.05, 0.1) is 19.4 Å². The van der Waals surface area contributed by atoms with E-state index in [0.29, 0.717) is 5.56 Å². The molecule has 9 nitrogen and oxygen atoms in total. The second-order valence-electron chi connectivity index (χ2n) is 8.55. The number of hydrogen-bond donors (Lipinski definition) is 0. The van der Waals surface area contributed by atoms with Crippen molar-refractivity contribution < 1.29 is 33.3 Å². The zero-order valence-electron chi connectivity index (χ0n) is 19.3. The molecule has 0 saturated carbocycles. The van der Waals surface area contributed by atoms with Gasteiger partial charge in [0.2, 0.25) is 5.88 Å². The summed E-state index contributed by atoms with van der Waals surface area (Å²) in [5.74, 6) is -0.393. The number of aromatic nitrogens is 1. The molecular weight excluding hydrogens is 428 g/mol. The molecule has 2 amide bonds. The van der Waals surface area contributed by atoms with E-state index in [2.05, 4.69) is 4.98 Å². The van der Waals surface area contributed by atoms with Crippen LogP contribution in [0.1, 0.15) is 60.5 Å². The van der Waals surface area contributed by atoms with Crippen molar-refractivity contribution in [2.45, 2.75) is 72.5 Å². The molecule has 0 N–H and O–H groups in total. The molecule has 0 aliphatic heterocycles. The van der Waals surface area contributed by atoms with E-state index >= 15 is 0 Å². The SMILES string of the molecule is CCOC(=O)CCc1c(N(C(=O)OC(C)(C)C)C(=O)OC(C)(C)C)cc(Cl)nc1OC. The van der Waals surface area contributed by atoms with Gasteiger partial charge in [-0.15, -0.1) is 0 Å². The van der Waals surface area contributed by atoms with Crippen molar-refractivity contribution in [3.63, 3.8) is 0 Å². The molecule has 1 heterocycles. The Hall–Kier alpha value is -2.55. The first-order chi connectivity index (χ1) is 14.2. The van der Waals surface area contributed by atoms with Crippen LogP contribution in [0.4, 0.5) is 15.3 Å². The maximum atomic E-state index is 13.0. The minimum Gasteiger partial charge on any atom is -0.481 e. The highest BCUT2D eigenvalue weighted by atomic mass is 35.5. The van der Waals surface area contributed by atoms with Crippen molar-refractivity contribution in [3.8, 4) is 5.88 Å². The molecule has 1 aromatic rings. The van der Waals surface area contributed by atoms with Gasteiger partial charge in [0, 0.05) is 18.1 Å². The molecule has 0 fully saturated rings. The third-order valence-corrected chi connectivity index (χ3v) is 3.70. The fourth-order valence-electron chi connectivity index (χ4n) is 2.46.